The number of amides is 1. The second kappa shape index (κ2) is 7.51. The summed E-state index contributed by atoms with van der Waals surface area (Å²) in [6, 6.07) is 6.81. The maximum Gasteiger partial charge on any atom is 0.274 e. The van der Waals surface area contributed by atoms with E-state index in [-0.39, 0.29) is 23.2 Å². The second-order valence-corrected chi connectivity index (χ2v) is 8.80. The van der Waals surface area contributed by atoms with E-state index < -0.39 is 15.7 Å². The first kappa shape index (κ1) is 19.1. The standard InChI is InChI=1S/C18H22N4O4S/c1-12-4-5-16(26-3)15(10-12)20-17(23)14-6-8-19-18(21-14)22(2)13-7-9-27(24,25)11-13/h4-6,8,10,13H,7,9,11H2,1-3H3,(H,20,23). The summed E-state index contributed by atoms with van der Waals surface area (Å²) in [6.45, 7) is 1.92. The lowest BCUT2D eigenvalue weighted by molar-refractivity contribution is 0.102. The average Bonchev–Trinajstić information content (AvgIpc) is 3.01. The van der Waals surface area contributed by atoms with Crippen LogP contribution in [0.1, 0.15) is 22.5 Å². The molecule has 0 saturated carbocycles. The third-order valence-electron chi connectivity index (χ3n) is 4.55. The highest BCUT2D eigenvalue weighted by atomic mass is 32.2. The minimum Gasteiger partial charge on any atom is -0.495 e. The van der Waals surface area contributed by atoms with Crippen LogP contribution in [-0.4, -0.2) is 56.0 Å². The van der Waals surface area contributed by atoms with Crippen LogP contribution in [0, 0.1) is 6.92 Å². The van der Waals surface area contributed by atoms with Crippen molar-refractivity contribution in [3.63, 3.8) is 0 Å². The quantitative estimate of drug-likeness (QED) is 0.828. The fourth-order valence-corrected chi connectivity index (χ4v) is 4.77. The summed E-state index contributed by atoms with van der Waals surface area (Å²) in [5.41, 5.74) is 1.73. The van der Waals surface area contributed by atoms with Crippen LogP contribution in [-0.2, 0) is 9.84 Å². The summed E-state index contributed by atoms with van der Waals surface area (Å²) in [7, 11) is 0.260. The van der Waals surface area contributed by atoms with Gasteiger partial charge in [0.05, 0.1) is 24.3 Å². The summed E-state index contributed by atoms with van der Waals surface area (Å²) in [5.74, 6) is 0.714. The maximum absolute atomic E-state index is 12.6. The number of methoxy groups -OCH3 is 1. The Morgan fingerprint density at radius 1 is 1.33 bits per heavy atom. The van der Waals surface area contributed by atoms with Gasteiger partial charge in [0.2, 0.25) is 5.95 Å². The SMILES string of the molecule is COc1ccc(C)cc1NC(=O)c1ccnc(N(C)C2CCS(=O)(=O)C2)n1. The van der Waals surface area contributed by atoms with E-state index in [0.717, 1.165) is 5.56 Å². The van der Waals surface area contributed by atoms with Crippen LogP contribution < -0.4 is 15.0 Å². The van der Waals surface area contributed by atoms with E-state index in [1.165, 1.54) is 19.4 Å². The summed E-state index contributed by atoms with van der Waals surface area (Å²) in [5, 5.41) is 2.80. The van der Waals surface area contributed by atoms with Gasteiger partial charge < -0.3 is 15.0 Å². The topological polar surface area (TPSA) is 101 Å². The lowest BCUT2D eigenvalue weighted by Crippen LogP contribution is -2.34. The lowest BCUT2D eigenvalue weighted by Gasteiger charge is -2.23. The molecule has 0 bridgehead atoms. The average molecular weight is 390 g/mol. The van der Waals surface area contributed by atoms with Gasteiger partial charge in [-0.2, -0.15) is 0 Å². The van der Waals surface area contributed by atoms with Gasteiger partial charge in [-0.25, -0.2) is 18.4 Å². The van der Waals surface area contributed by atoms with Crippen LogP contribution in [0.15, 0.2) is 30.5 Å². The highest BCUT2D eigenvalue weighted by Gasteiger charge is 2.32. The zero-order valence-electron chi connectivity index (χ0n) is 15.5. The normalized spacial score (nSPS) is 18.1. The minimum atomic E-state index is -3.02. The molecule has 1 N–H and O–H groups in total. The van der Waals surface area contributed by atoms with Crippen LogP contribution in [0.3, 0.4) is 0 Å². The molecule has 144 valence electrons. The molecule has 0 radical (unpaired) electrons. The fraction of sp³-hybridized carbons (Fsp3) is 0.389. The van der Waals surface area contributed by atoms with Gasteiger partial charge in [-0.15, -0.1) is 0 Å². The zero-order valence-corrected chi connectivity index (χ0v) is 16.3. The van der Waals surface area contributed by atoms with Crippen molar-refractivity contribution in [1.82, 2.24) is 9.97 Å². The number of ether oxygens (including phenoxy) is 1. The van der Waals surface area contributed by atoms with Gasteiger partial charge in [-0.1, -0.05) is 6.07 Å². The number of carbonyl (C=O) groups is 1. The van der Waals surface area contributed by atoms with E-state index in [4.69, 9.17) is 4.74 Å². The number of hydrogen-bond acceptors (Lipinski definition) is 7. The van der Waals surface area contributed by atoms with Crippen molar-refractivity contribution >= 4 is 27.4 Å². The lowest BCUT2D eigenvalue weighted by atomic mass is 10.2. The first-order valence-electron chi connectivity index (χ1n) is 8.51. The maximum atomic E-state index is 12.6. The van der Waals surface area contributed by atoms with E-state index in [1.54, 1.807) is 18.0 Å². The van der Waals surface area contributed by atoms with Gasteiger partial charge in [0.1, 0.15) is 11.4 Å². The molecular formula is C18H22N4O4S. The molecular weight excluding hydrogens is 368 g/mol. The van der Waals surface area contributed by atoms with E-state index in [0.29, 0.717) is 23.8 Å². The molecule has 1 atom stereocenters. The first-order valence-corrected chi connectivity index (χ1v) is 10.3. The van der Waals surface area contributed by atoms with E-state index in [2.05, 4.69) is 15.3 Å². The van der Waals surface area contributed by atoms with Crippen molar-refractivity contribution in [2.45, 2.75) is 19.4 Å². The summed E-state index contributed by atoms with van der Waals surface area (Å²) >= 11 is 0. The molecule has 1 amide bonds. The number of nitrogens with one attached hydrogen (secondary N) is 1. The van der Waals surface area contributed by atoms with E-state index >= 15 is 0 Å². The van der Waals surface area contributed by atoms with Crippen molar-refractivity contribution in [3.8, 4) is 5.75 Å². The first-order chi connectivity index (χ1) is 12.8. The number of hydrogen-bond donors (Lipinski definition) is 1. The Balaban J connectivity index is 1.79. The van der Waals surface area contributed by atoms with Gasteiger partial charge >= 0.3 is 0 Å². The highest BCUT2D eigenvalue weighted by molar-refractivity contribution is 7.91. The molecule has 27 heavy (non-hydrogen) atoms. The van der Waals surface area contributed by atoms with Crippen molar-refractivity contribution in [2.75, 3.05) is 35.9 Å². The van der Waals surface area contributed by atoms with Crippen LogP contribution in [0.2, 0.25) is 0 Å². The van der Waals surface area contributed by atoms with Crippen LogP contribution in [0.4, 0.5) is 11.6 Å². The summed E-state index contributed by atoms with van der Waals surface area (Å²) in [6.07, 6.45) is 2.02. The van der Waals surface area contributed by atoms with Crippen molar-refractivity contribution in [3.05, 3.63) is 41.7 Å². The second-order valence-electron chi connectivity index (χ2n) is 6.57. The third-order valence-corrected chi connectivity index (χ3v) is 6.30. The molecule has 9 heteroatoms. The Morgan fingerprint density at radius 3 is 2.78 bits per heavy atom. The molecule has 2 heterocycles. The zero-order chi connectivity index (χ0) is 19.6. The Bertz CT molecular complexity index is 962. The van der Waals surface area contributed by atoms with Crippen molar-refractivity contribution < 1.29 is 17.9 Å². The minimum absolute atomic E-state index is 0.0732. The Hall–Kier alpha value is -2.68. The molecule has 1 aromatic carbocycles. The number of carbonyl (C=O) groups excluding carboxylic acids is 1. The van der Waals surface area contributed by atoms with Gasteiger partial charge in [0.25, 0.3) is 5.91 Å². The summed E-state index contributed by atoms with van der Waals surface area (Å²) < 4.78 is 28.7. The van der Waals surface area contributed by atoms with Crippen molar-refractivity contribution in [1.29, 1.82) is 0 Å². The predicted octanol–water partition coefficient (Wildman–Crippen LogP) is 1.67. The molecule has 1 fully saturated rings. The van der Waals surface area contributed by atoms with Crippen molar-refractivity contribution in [2.24, 2.45) is 0 Å². The summed E-state index contributed by atoms with van der Waals surface area (Å²) in [4.78, 5) is 22.8. The molecule has 1 aromatic heterocycles. The molecule has 1 aliphatic heterocycles. The number of benzene rings is 1. The van der Waals surface area contributed by atoms with Crippen LogP contribution in [0.5, 0.6) is 5.75 Å². The molecule has 0 aliphatic carbocycles. The largest absolute Gasteiger partial charge is 0.495 e. The van der Waals surface area contributed by atoms with Gasteiger partial charge in [-0.3, -0.25) is 4.79 Å². The number of aromatic nitrogens is 2. The van der Waals surface area contributed by atoms with E-state index in [1.807, 2.05) is 19.1 Å². The van der Waals surface area contributed by atoms with Crippen LogP contribution in [0.25, 0.3) is 0 Å². The molecule has 2 aromatic rings. The molecule has 3 rings (SSSR count). The molecule has 1 aliphatic rings. The Labute approximate surface area is 158 Å². The smallest absolute Gasteiger partial charge is 0.274 e. The third kappa shape index (κ3) is 4.36. The van der Waals surface area contributed by atoms with Gasteiger partial charge in [0, 0.05) is 19.3 Å². The van der Waals surface area contributed by atoms with E-state index in [9.17, 15) is 13.2 Å². The highest BCUT2D eigenvalue weighted by Crippen LogP contribution is 2.26. The number of anilines is 2. The number of nitrogens with zero attached hydrogens (tertiary/aromatic N) is 3. The Morgan fingerprint density at radius 2 is 2.11 bits per heavy atom. The predicted molar refractivity (Wildman–Crippen MR) is 103 cm³/mol. The molecule has 0 spiro atoms. The number of aryl methyl sites for hydroxylation is 1. The van der Waals surface area contributed by atoms with Gasteiger partial charge in [0.15, 0.2) is 9.84 Å². The number of rotatable bonds is 5. The van der Waals surface area contributed by atoms with Crippen LogP contribution >= 0.6 is 0 Å². The molecule has 1 unspecified atom stereocenters. The fourth-order valence-electron chi connectivity index (χ4n) is 2.99. The molecule has 8 nitrogen and oxygen atoms in total. The Kier molecular flexibility index (Phi) is 5.31. The molecule has 1 saturated heterocycles. The van der Waals surface area contributed by atoms with Gasteiger partial charge in [-0.05, 0) is 37.1 Å². The monoisotopic (exact) mass is 390 g/mol. The number of sulfone groups is 1.